The Morgan fingerprint density at radius 2 is 1.80 bits per heavy atom. The van der Waals surface area contributed by atoms with Crippen molar-refractivity contribution in [3.63, 3.8) is 0 Å². The molecule has 1 rings (SSSR count). The van der Waals surface area contributed by atoms with Gasteiger partial charge in [-0.05, 0) is 45.3 Å². The first-order valence-electron chi connectivity index (χ1n) is 4.91. The van der Waals surface area contributed by atoms with Gasteiger partial charge in [-0.3, -0.25) is 9.69 Å². The number of carbonyl (C=O) groups is 1. The second-order valence-corrected chi connectivity index (χ2v) is 3.73. The summed E-state index contributed by atoms with van der Waals surface area (Å²) in [7, 11) is 5.40. The number of ketones is 1. The number of methoxy groups -OCH3 is 1. The van der Waals surface area contributed by atoms with E-state index in [0.717, 1.165) is 11.3 Å². The summed E-state index contributed by atoms with van der Waals surface area (Å²) in [5.74, 6) is 0.895. The molecule has 3 nitrogen and oxygen atoms in total. The third kappa shape index (κ3) is 2.80. The van der Waals surface area contributed by atoms with E-state index in [4.69, 9.17) is 4.74 Å². The third-order valence-corrected chi connectivity index (χ3v) is 2.53. The lowest BCUT2D eigenvalue weighted by atomic mass is 10.0. The summed E-state index contributed by atoms with van der Waals surface area (Å²) in [6.07, 6.45) is 0. The fourth-order valence-electron chi connectivity index (χ4n) is 1.23. The van der Waals surface area contributed by atoms with Crippen molar-refractivity contribution in [2.75, 3.05) is 21.2 Å². The number of benzene rings is 1. The summed E-state index contributed by atoms with van der Waals surface area (Å²) in [5.41, 5.74) is 0.719. The molecular weight excluding hydrogens is 190 g/mol. The van der Waals surface area contributed by atoms with Crippen LogP contribution < -0.4 is 4.74 Å². The van der Waals surface area contributed by atoms with Gasteiger partial charge in [-0.1, -0.05) is 0 Å². The molecule has 0 spiro atoms. The lowest BCUT2D eigenvalue weighted by Gasteiger charge is -2.18. The average Bonchev–Trinajstić information content (AvgIpc) is 2.27. The monoisotopic (exact) mass is 207 g/mol. The van der Waals surface area contributed by atoms with E-state index in [1.54, 1.807) is 31.4 Å². The highest BCUT2D eigenvalue weighted by atomic mass is 16.5. The van der Waals surface area contributed by atoms with Crippen LogP contribution in [0.2, 0.25) is 0 Å². The van der Waals surface area contributed by atoms with Gasteiger partial charge in [0.15, 0.2) is 5.78 Å². The zero-order valence-corrected chi connectivity index (χ0v) is 9.65. The number of carbonyl (C=O) groups excluding carboxylic acids is 1. The SMILES string of the molecule is COc1ccc(C(=O)[C@H](C)N(C)C)cc1. The number of ether oxygens (including phenoxy) is 1. The average molecular weight is 207 g/mol. The third-order valence-electron chi connectivity index (χ3n) is 2.53. The molecule has 0 heterocycles. The van der Waals surface area contributed by atoms with Crippen LogP contribution in [0, 0.1) is 0 Å². The molecule has 0 aliphatic carbocycles. The lowest BCUT2D eigenvalue weighted by Crippen LogP contribution is -2.32. The Hall–Kier alpha value is -1.35. The minimum Gasteiger partial charge on any atom is -0.497 e. The second kappa shape index (κ2) is 4.94. The molecule has 0 saturated heterocycles. The van der Waals surface area contributed by atoms with Crippen LogP contribution in [0.3, 0.4) is 0 Å². The number of nitrogens with zero attached hydrogens (tertiary/aromatic N) is 1. The fraction of sp³-hybridized carbons (Fsp3) is 0.417. The molecule has 0 aliphatic rings. The van der Waals surface area contributed by atoms with Crippen molar-refractivity contribution in [2.24, 2.45) is 0 Å². The van der Waals surface area contributed by atoms with Gasteiger partial charge in [-0.25, -0.2) is 0 Å². The predicted octanol–water partition coefficient (Wildman–Crippen LogP) is 1.83. The highest BCUT2D eigenvalue weighted by molar-refractivity contribution is 5.99. The number of likely N-dealkylation sites (N-methyl/N-ethyl adjacent to an activating group) is 1. The van der Waals surface area contributed by atoms with Gasteiger partial charge in [-0.15, -0.1) is 0 Å². The van der Waals surface area contributed by atoms with Crippen LogP contribution in [0.15, 0.2) is 24.3 Å². The molecule has 3 heteroatoms. The van der Waals surface area contributed by atoms with Crippen molar-refractivity contribution in [1.82, 2.24) is 4.90 Å². The molecule has 1 atom stereocenters. The smallest absolute Gasteiger partial charge is 0.179 e. The van der Waals surface area contributed by atoms with Gasteiger partial charge in [0.1, 0.15) is 5.75 Å². The van der Waals surface area contributed by atoms with Crippen molar-refractivity contribution in [2.45, 2.75) is 13.0 Å². The van der Waals surface area contributed by atoms with Gasteiger partial charge in [0.05, 0.1) is 13.2 Å². The van der Waals surface area contributed by atoms with E-state index < -0.39 is 0 Å². The maximum absolute atomic E-state index is 11.9. The minimum atomic E-state index is -0.0987. The first-order chi connectivity index (χ1) is 7.06. The van der Waals surface area contributed by atoms with Crippen LogP contribution in [0.4, 0.5) is 0 Å². The summed E-state index contributed by atoms with van der Waals surface area (Å²) in [6, 6.07) is 7.09. The van der Waals surface area contributed by atoms with Crippen molar-refractivity contribution >= 4 is 5.78 Å². The molecule has 82 valence electrons. The first kappa shape index (κ1) is 11.7. The Morgan fingerprint density at radius 3 is 2.20 bits per heavy atom. The van der Waals surface area contributed by atoms with Crippen molar-refractivity contribution in [1.29, 1.82) is 0 Å². The van der Waals surface area contributed by atoms with Crippen LogP contribution in [0.5, 0.6) is 5.75 Å². The lowest BCUT2D eigenvalue weighted by molar-refractivity contribution is 0.0890. The molecule has 0 fully saturated rings. The highest BCUT2D eigenvalue weighted by Crippen LogP contribution is 2.13. The molecule has 0 amide bonds. The van der Waals surface area contributed by atoms with Crippen molar-refractivity contribution in [3.05, 3.63) is 29.8 Å². The van der Waals surface area contributed by atoms with E-state index >= 15 is 0 Å². The van der Waals surface area contributed by atoms with Gasteiger partial charge < -0.3 is 4.74 Å². The summed E-state index contributed by atoms with van der Waals surface area (Å²) in [5, 5.41) is 0. The van der Waals surface area contributed by atoms with E-state index in [9.17, 15) is 4.79 Å². The molecule has 1 aromatic rings. The minimum absolute atomic E-state index is 0.0987. The molecular formula is C12H17NO2. The molecule has 0 radical (unpaired) electrons. The zero-order chi connectivity index (χ0) is 11.4. The van der Waals surface area contributed by atoms with Crippen LogP contribution in [0.1, 0.15) is 17.3 Å². The topological polar surface area (TPSA) is 29.5 Å². The fourth-order valence-corrected chi connectivity index (χ4v) is 1.23. The van der Waals surface area contributed by atoms with Gasteiger partial charge in [0.25, 0.3) is 0 Å². The van der Waals surface area contributed by atoms with Gasteiger partial charge in [0.2, 0.25) is 0 Å². The summed E-state index contributed by atoms with van der Waals surface area (Å²) in [6.45, 7) is 1.90. The molecule has 0 saturated carbocycles. The van der Waals surface area contributed by atoms with E-state index in [-0.39, 0.29) is 11.8 Å². The van der Waals surface area contributed by atoms with Gasteiger partial charge in [-0.2, -0.15) is 0 Å². The molecule has 0 bridgehead atoms. The maximum atomic E-state index is 11.9. The van der Waals surface area contributed by atoms with E-state index in [2.05, 4.69) is 0 Å². The summed E-state index contributed by atoms with van der Waals surface area (Å²) in [4.78, 5) is 13.8. The van der Waals surface area contributed by atoms with Crippen LogP contribution in [-0.2, 0) is 0 Å². The second-order valence-electron chi connectivity index (χ2n) is 3.73. The van der Waals surface area contributed by atoms with Crippen molar-refractivity contribution < 1.29 is 9.53 Å². The highest BCUT2D eigenvalue weighted by Gasteiger charge is 2.16. The Bertz CT molecular complexity index is 330. The Labute approximate surface area is 90.7 Å². The number of rotatable bonds is 4. The molecule has 15 heavy (non-hydrogen) atoms. The van der Waals surface area contributed by atoms with Gasteiger partial charge in [0, 0.05) is 5.56 Å². The first-order valence-corrected chi connectivity index (χ1v) is 4.91. The van der Waals surface area contributed by atoms with E-state index in [1.165, 1.54) is 0 Å². The molecule has 0 unspecified atom stereocenters. The number of hydrogen-bond donors (Lipinski definition) is 0. The Balaban J connectivity index is 2.83. The van der Waals surface area contributed by atoms with Gasteiger partial charge >= 0.3 is 0 Å². The quantitative estimate of drug-likeness (QED) is 0.705. The number of Topliss-reactive ketones (excluding diaryl/α,β-unsaturated/α-hetero) is 1. The van der Waals surface area contributed by atoms with E-state index in [1.807, 2.05) is 25.9 Å². The maximum Gasteiger partial charge on any atom is 0.179 e. The predicted molar refractivity (Wildman–Crippen MR) is 60.5 cm³/mol. The zero-order valence-electron chi connectivity index (χ0n) is 9.65. The molecule has 0 aromatic heterocycles. The molecule has 0 aliphatic heterocycles. The Kier molecular flexibility index (Phi) is 3.86. The summed E-state index contributed by atoms with van der Waals surface area (Å²) < 4.78 is 5.04. The Morgan fingerprint density at radius 1 is 1.27 bits per heavy atom. The largest absolute Gasteiger partial charge is 0.497 e. The summed E-state index contributed by atoms with van der Waals surface area (Å²) >= 11 is 0. The van der Waals surface area contributed by atoms with Crippen molar-refractivity contribution in [3.8, 4) is 5.75 Å². The van der Waals surface area contributed by atoms with Crippen LogP contribution >= 0.6 is 0 Å². The number of hydrogen-bond acceptors (Lipinski definition) is 3. The normalized spacial score (nSPS) is 12.6. The van der Waals surface area contributed by atoms with E-state index in [0.29, 0.717) is 0 Å². The van der Waals surface area contributed by atoms with Crippen LogP contribution in [-0.4, -0.2) is 37.9 Å². The van der Waals surface area contributed by atoms with Crippen LogP contribution in [0.25, 0.3) is 0 Å². The molecule has 0 N–H and O–H groups in total. The molecule has 1 aromatic carbocycles. The standard InChI is InChI=1S/C12H17NO2/c1-9(13(2)3)12(14)10-5-7-11(15-4)8-6-10/h5-9H,1-4H3/t9-/m0/s1.